The predicted octanol–water partition coefficient (Wildman–Crippen LogP) is 0.904. The van der Waals surface area contributed by atoms with Crippen molar-refractivity contribution in [2.45, 2.75) is 6.54 Å². The first kappa shape index (κ1) is 11.9. The van der Waals surface area contributed by atoms with Gasteiger partial charge in [0.1, 0.15) is 5.52 Å². The van der Waals surface area contributed by atoms with Crippen molar-refractivity contribution in [3.8, 4) is 5.88 Å². The second-order valence-electron chi connectivity index (χ2n) is 3.22. The maximum absolute atomic E-state index is 12.1. The molecule has 0 saturated heterocycles. The molecule has 0 aliphatic heterocycles. The largest absolute Gasteiger partial charge is 0.482 e. The lowest BCUT2D eigenvalue weighted by atomic mass is 10.2. The lowest BCUT2D eigenvalue weighted by Crippen LogP contribution is -2.22. The molecule has 0 unspecified atom stereocenters. The second kappa shape index (κ2) is 4.73. The summed E-state index contributed by atoms with van der Waals surface area (Å²) < 4.78 is 4.83. The van der Waals surface area contributed by atoms with Crippen molar-refractivity contribution < 1.29 is 9.53 Å². The first-order chi connectivity index (χ1) is 8.13. The van der Waals surface area contributed by atoms with Crippen LogP contribution in [0, 0.1) is 0 Å². The maximum atomic E-state index is 12.1. The summed E-state index contributed by atoms with van der Waals surface area (Å²) in [6.45, 7) is 0.106. The summed E-state index contributed by atoms with van der Waals surface area (Å²) in [5, 5.41) is 2.55. The second-order valence-corrected chi connectivity index (χ2v) is 4.20. The summed E-state index contributed by atoms with van der Waals surface area (Å²) >= 11 is 1.60. The third-order valence-electron chi connectivity index (χ3n) is 2.25. The van der Waals surface area contributed by atoms with Crippen molar-refractivity contribution in [2.75, 3.05) is 7.11 Å². The molecular weight excluding hydrogens is 339 g/mol. The van der Waals surface area contributed by atoms with E-state index in [1.165, 1.54) is 13.4 Å². The molecule has 0 saturated carbocycles. The van der Waals surface area contributed by atoms with Gasteiger partial charge in [-0.15, -0.1) is 0 Å². The van der Waals surface area contributed by atoms with Gasteiger partial charge < -0.3 is 20.0 Å². The topological polar surface area (TPSA) is 99.9 Å². The van der Waals surface area contributed by atoms with Crippen LogP contribution in [0.15, 0.2) is 11.1 Å². The number of carbonyl (C=O) groups excluding carboxylic acids is 1. The van der Waals surface area contributed by atoms with Crippen LogP contribution < -0.4 is 15.5 Å². The van der Waals surface area contributed by atoms with Crippen molar-refractivity contribution >= 4 is 37.7 Å². The lowest BCUT2D eigenvalue weighted by molar-refractivity contribution is 0.262. The standard InChI is InChI=1S/C9H9IN4O3/c1-17-8-4(2-11-9(10)16)6(15)5-7(14-8)13-3-12-5/h3H,2H2,1H3,(H,11,16)(H2,12,13,14,15). The normalized spacial score (nSPS) is 10.5. The molecule has 0 bridgehead atoms. The molecule has 2 aromatic rings. The Kier molecular flexibility index (Phi) is 3.31. The van der Waals surface area contributed by atoms with E-state index in [0.717, 1.165) is 0 Å². The van der Waals surface area contributed by atoms with Gasteiger partial charge in [-0.2, -0.15) is 0 Å². The van der Waals surface area contributed by atoms with E-state index in [1.807, 2.05) is 0 Å². The number of halogens is 1. The molecule has 3 N–H and O–H groups in total. The van der Waals surface area contributed by atoms with Gasteiger partial charge in [0.2, 0.25) is 11.3 Å². The van der Waals surface area contributed by atoms with E-state index in [-0.39, 0.29) is 15.9 Å². The van der Waals surface area contributed by atoms with Gasteiger partial charge in [-0.3, -0.25) is 9.59 Å². The molecule has 0 atom stereocenters. The number of amides is 1. The van der Waals surface area contributed by atoms with Gasteiger partial charge in [-0.25, -0.2) is 4.98 Å². The average molecular weight is 348 g/mol. The number of fused-ring (bicyclic) bond motifs is 1. The van der Waals surface area contributed by atoms with Crippen LogP contribution in [0.2, 0.25) is 0 Å². The van der Waals surface area contributed by atoms with E-state index in [1.54, 1.807) is 22.6 Å². The van der Waals surface area contributed by atoms with Crippen molar-refractivity contribution in [3.05, 3.63) is 22.1 Å². The van der Waals surface area contributed by atoms with Crippen LogP contribution in [0.25, 0.3) is 11.2 Å². The SMILES string of the molecule is COc1[nH]c2nc[nH]c2c(=O)c1CNC(=O)I. The summed E-state index contributed by atoms with van der Waals surface area (Å²) in [7, 11) is 1.44. The summed E-state index contributed by atoms with van der Waals surface area (Å²) in [5.74, 6) is 0.305. The number of hydrogen-bond acceptors (Lipinski definition) is 4. The number of H-pyrrole nitrogens is 2. The molecule has 0 aliphatic rings. The molecular formula is C9H9IN4O3. The van der Waals surface area contributed by atoms with Crippen LogP contribution in [0.4, 0.5) is 4.79 Å². The number of rotatable bonds is 3. The molecule has 17 heavy (non-hydrogen) atoms. The molecule has 7 nitrogen and oxygen atoms in total. The monoisotopic (exact) mass is 348 g/mol. The number of ether oxygens (including phenoxy) is 1. The van der Waals surface area contributed by atoms with Crippen LogP contribution in [-0.2, 0) is 6.54 Å². The third-order valence-corrected chi connectivity index (χ3v) is 2.64. The smallest absolute Gasteiger partial charge is 0.280 e. The lowest BCUT2D eigenvalue weighted by Gasteiger charge is -2.07. The predicted molar refractivity (Wildman–Crippen MR) is 69.5 cm³/mol. The number of aromatic nitrogens is 3. The fraction of sp³-hybridized carbons (Fsp3) is 0.222. The number of nitrogens with one attached hydrogen (secondary N) is 3. The number of hydrogen-bond donors (Lipinski definition) is 3. The molecule has 1 amide bonds. The number of nitrogens with zero attached hydrogens (tertiary/aromatic N) is 1. The van der Waals surface area contributed by atoms with Gasteiger partial charge in [-0.1, -0.05) is 0 Å². The summed E-state index contributed by atoms with van der Waals surface area (Å²) in [6, 6.07) is 0. The zero-order valence-corrected chi connectivity index (χ0v) is 11.0. The Morgan fingerprint density at radius 1 is 1.65 bits per heavy atom. The minimum atomic E-state index is -0.242. The fourth-order valence-electron chi connectivity index (χ4n) is 1.49. The highest BCUT2D eigenvalue weighted by atomic mass is 127. The van der Waals surface area contributed by atoms with Crippen LogP contribution in [0.5, 0.6) is 5.88 Å². The Morgan fingerprint density at radius 2 is 2.41 bits per heavy atom. The average Bonchev–Trinajstić information content (AvgIpc) is 2.75. The highest BCUT2D eigenvalue weighted by molar-refractivity contribution is 14.1. The number of pyridine rings is 1. The molecule has 2 rings (SSSR count). The highest BCUT2D eigenvalue weighted by Crippen LogP contribution is 2.14. The van der Waals surface area contributed by atoms with Gasteiger partial charge in [-0.05, 0) is 0 Å². The van der Waals surface area contributed by atoms with Gasteiger partial charge in [0.25, 0.3) is 3.91 Å². The molecule has 0 radical (unpaired) electrons. The molecule has 90 valence electrons. The van der Waals surface area contributed by atoms with Gasteiger partial charge in [0.05, 0.1) is 25.5 Å². The minimum absolute atomic E-state index is 0.106. The number of aromatic amines is 2. The zero-order chi connectivity index (χ0) is 12.4. The van der Waals surface area contributed by atoms with Crippen LogP contribution in [-0.4, -0.2) is 26.0 Å². The molecule has 0 aromatic carbocycles. The van der Waals surface area contributed by atoms with E-state index in [0.29, 0.717) is 22.6 Å². The van der Waals surface area contributed by atoms with Gasteiger partial charge >= 0.3 is 0 Å². The molecule has 0 fully saturated rings. The third kappa shape index (κ3) is 2.25. The van der Waals surface area contributed by atoms with Crippen molar-refractivity contribution in [1.29, 1.82) is 0 Å². The minimum Gasteiger partial charge on any atom is -0.482 e. The van der Waals surface area contributed by atoms with Crippen LogP contribution >= 0.6 is 22.6 Å². The van der Waals surface area contributed by atoms with Gasteiger partial charge in [0.15, 0.2) is 5.65 Å². The van der Waals surface area contributed by atoms with Crippen molar-refractivity contribution in [1.82, 2.24) is 20.3 Å². The summed E-state index contributed by atoms with van der Waals surface area (Å²) in [5.41, 5.74) is 0.910. The van der Waals surface area contributed by atoms with Crippen LogP contribution in [0.3, 0.4) is 0 Å². The van der Waals surface area contributed by atoms with Crippen LogP contribution in [0.1, 0.15) is 5.56 Å². The fourth-order valence-corrected chi connectivity index (χ4v) is 1.68. The molecule has 2 aromatic heterocycles. The van der Waals surface area contributed by atoms with E-state index >= 15 is 0 Å². The number of imidazole rings is 1. The molecule has 0 aliphatic carbocycles. The quantitative estimate of drug-likeness (QED) is 0.436. The first-order valence-electron chi connectivity index (χ1n) is 4.69. The number of carbonyl (C=O) groups is 1. The van der Waals surface area contributed by atoms with E-state index in [4.69, 9.17) is 4.74 Å². The Bertz CT molecular complexity index is 618. The Balaban J connectivity index is 2.54. The van der Waals surface area contributed by atoms with Crippen molar-refractivity contribution in [3.63, 3.8) is 0 Å². The Morgan fingerprint density at radius 3 is 3.06 bits per heavy atom. The summed E-state index contributed by atoms with van der Waals surface area (Å²) in [4.78, 5) is 32.5. The Labute approximate surface area is 109 Å². The number of methoxy groups -OCH3 is 1. The summed E-state index contributed by atoms with van der Waals surface area (Å²) in [6.07, 6.45) is 1.42. The van der Waals surface area contributed by atoms with Gasteiger partial charge in [0, 0.05) is 22.6 Å². The van der Waals surface area contributed by atoms with E-state index in [9.17, 15) is 9.59 Å². The van der Waals surface area contributed by atoms with E-state index < -0.39 is 0 Å². The van der Waals surface area contributed by atoms with Crippen molar-refractivity contribution in [2.24, 2.45) is 0 Å². The highest BCUT2D eigenvalue weighted by Gasteiger charge is 2.14. The molecule has 0 spiro atoms. The van der Waals surface area contributed by atoms with E-state index in [2.05, 4.69) is 20.3 Å². The zero-order valence-electron chi connectivity index (χ0n) is 8.83. The maximum Gasteiger partial charge on any atom is 0.280 e. The molecule has 8 heteroatoms. The Hall–Kier alpha value is -1.58. The first-order valence-corrected chi connectivity index (χ1v) is 5.77. The molecule has 2 heterocycles.